The zero-order valence-electron chi connectivity index (χ0n) is 8.55. The molecule has 0 aromatic rings. The van der Waals surface area contributed by atoms with E-state index in [1.807, 2.05) is 0 Å². The Hall–Kier alpha value is -1.06. The van der Waals surface area contributed by atoms with Crippen LogP contribution < -0.4 is 0 Å². The summed E-state index contributed by atoms with van der Waals surface area (Å²) in [6.45, 7) is 6.63. The Morgan fingerprint density at radius 3 is 2.08 bits per heavy atom. The van der Waals surface area contributed by atoms with Crippen molar-refractivity contribution in [3.05, 3.63) is 0 Å². The van der Waals surface area contributed by atoms with E-state index in [2.05, 4.69) is 4.74 Å². The molecule has 0 fully saturated rings. The maximum Gasteiger partial charge on any atom is 0.344 e. The highest BCUT2D eigenvalue weighted by Gasteiger charge is 2.16. The highest BCUT2D eigenvalue weighted by atomic mass is 16.6. The van der Waals surface area contributed by atoms with Crippen LogP contribution >= 0.6 is 0 Å². The van der Waals surface area contributed by atoms with Crippen LogP contribution in [0.5, 0.6) is 0 Å². The van der Waals surface area contributed by atoms with E-state index < -0.39 is 17.5 Å². The normalized spacial score (nSPS) is 10.8. The summed E-state index contributed by atoms with van der Waals surface area (Å²) >= 11 is 0. The zero-order valence-corrected chi connectivity index (χ0v) is 8.55. The Morgan fingerprint density at radius 1 is 1.15 bits per heavy atom. The summed E-state index contributed by atoms with van der Waals surface area (Å²) in [5.41, 5.74) is -0.532. The van der Waals surface area contributed by atoms with Crippen molar-refractivity contribution in [2.45, 2.75) is 39.7 Å². The summed E-state index contributed by atoms with van der Waals surface area (Å²) in [6.07, 6.45) is 0.267. The number of ether oxygens (including phenoxy) is 2. The minimum absolute atomic E-state index is 0.267. The lowest BCUT2D eigenvalue weighted by molar-refractivity contribution is -0.166. The van der Waals surface area contributed by atoms with Crippen LogP contribution in [-0.2, 0) is 19.1 Å². The minimum Gasteiger partial charge on any atom is -0.457 e. The summed E-state index contributed by atoms with van der Waals surface area (Å²) in [5.74, 6) is -0.917. The van der Waals surface area contributed by atoms with Crippen molar-refractivity contribution in [2.24, 2.45) is 0 Å². The van der Waals surface area contributed by atoms with Gasteiger partial charge in [0.2, 0.25) is 0 Å². The molecule has 0 atom stereocenters. The molecule has 0 radical (unpaired) electrons. The fourth-order valence-corrected chi connectivity index (χ4v) is 0.612. The molecule has 0 spiro atoms. The van der Waals surface area contributed by atoms with Crippen molar-refractivity contribution >= 4 is 11.9 Å². The fraction of sp³-hybridized carbons (Fsp3) is 0.778. The van der Waals surface area contributed by atoms with Gasteiger partial charge in [0.05, 0.1) is 0 Å². The van der Waals surface area contributed by atoms with Crippen LogP contribution in [0.15, 0.2) is 0 Å². The van der Waals surface area contributed by atoms with Gasteiger partial charge in [0.15, 0.2) is 6.61 Å². The van der Waals surface area contributed by atoms with Crippen LogP contribution in [0.4, 0.5) is 0 Å². The Labute approximate surface area is 78.2 Å². The monoisotopic (exact) mass is 188 g/mol. The second-order valence-corrected chi connectivity index (χ2v) is 3.60. The molecule has 13 heavy (non-hydrogen) atoms. The van der Waals surface area contributed by atoms with Gasteiger partial charge in [-0.2, -0.15) is 0 Å². The lowest BCUT2D eigenvalue weighted by atomic mass is 10.2. The van der Waals surface area contributed by atoms with Gasteiger partial charge in [-0.3, -0.25) is 4.79 Å². The number of hydrogen-bond acceptors (Lipinski definition) is 4. The Balaban J connectivity index is 3.71. The molecule has 4 nitrogen and oxygen atoms in total. The minimum atomic E-state index is -0.532. The molecule has 0 N–H and O–H groups in total. The average Bonchev–Trinajstić information content (AvgIpc) is 1.97. The molecule has 4 heteroatoms. The number of hydrogen-bond donors (Lipinski definition) is 0. The first-order valence-corrected chi connectivity index (χ1v) is 4.22. The summed E-state index contributed by atoms with van der Waals surface area (Å²) in [4.78, 5) is 21.6. The van der Waals surface area contributed by atoms with E-state index in [9.17, 15) is 9.59 Å². The average molecular weight is 188 g/mol. The van der Waals surface area contributed by atoms with Gasteiger partial charge in [-0.05, 0) is 20.8 Å². The van der Waals surface area contributed by atoms with Crippen LogP contribution in [-0.4, -0.2) is 24.1 Å². The van der Waals surface area contributed by atoms with Gasteiger partial charge in [-0.25, -0.2) is 4.79 Å². The Bertz CT molecular complexity index is 190. The maximum absolute atomic E-state index is 11.0. The predicted molar refractivity (Wildman–Crippen MR) is 47.1 cm³/mol. The predicted octanol–water partition coefficient (Wildman–Crippen LogP) is 1.28. The van der Waals surface area contributed by atoms with Gasteiger partial charge in [-0.15, -0.1) is 0 Å². The quantitative estimate of drug-likeness (QED) is 0.626. The maximum atomic E-state index is 11.0. The first kappa shape index (κ1) is 11.9. The van der Waals surface area contributed by atoms with Gasteiger partial charge in [0.1, 0.15) is 5.60 Å². The van der Waals surface area contributed by atoms with Gasteiger partial charge in [-0.1, -0.05) is 6.92 Å². The molecule has 0 rings (SSSR count). The molecule has 76 valence electrons. The zero-order chi connectivity index (χ0) is 10.5. The van der Waals surface area contributed by atoms with Crippen molar-refractivity contribution in [1.29, 1.82) is 0 Å². The van der Waals surface area contributed by atoms with Crippen LogP contribution in [0.2, 0.25) is 0 Å². The second-order valence-electron chi connectivity index (χ2n) is 3.60. The largest absolute Gasteiger partial charge is 0.457 e. The smallest absolute Gasteiger partial charge is 0.344 e. The van der Waals surface area contributed by atoms with Crippen LogP contribution in [0, 0.1) is 0 Å². The van der Waals surface area contributed by atoms with Gasteiger partial charge in [0, 0.05) is 6.42 Å². The van der Waals surface area contributed by atoms with E-state index in [1.54, 1.807) is 27.7 Å². The van der Waals surface area contributed by atoms with Crippen molar-refractivity contribution < 1.29 is 19.1 Å². The first-order chi connectivity index (χ1) is 5.85. The van der Waals surface area contributed by atoms with Gasteiger partial charge >= 0.3 is 11.9 Å². The molecular formula is C9H16O4. The standard InChI is InChI=1S/C9H16O4/c1-5-7(10)12-6-8(11)13-9(2,3)4/h5-6H2,1-4H3. The summed E-state index contributed by atoms with van der Waals surface area (Å²) < 4.78 is 9.50. The van der Waals surface area contributed by atoms with Gasteiger partial charge in [0.25, 0.3) is 0 Å². The molecule has 0 saturated heterocycles. The van der Waals surface area contributed by atoms with Crippen molar-refractivity contribution in [3.8, 4) is 0 Å². The third-order valence-corrected chi connectivity index (χ3v) is 1.06. The van der Waals surface area contributed by atoms with E-state index in [0.29, 0.717) is 0 Å². The highest BCUT2D eigenvalue weighted by Crippen LogP contribution is 2.06. The Kier molecular flexibility index (Phi) is 4.45. The lowest BCUT2D eigenvalue weighted by Crippen LogP contribution is -2.27. The van der Waals surface area contributed by atoms with Crippen LogP contribution in [0.3, 0.4) is 0 Å². The third-order valence-electron chi connectivity index (χ3n) is 1.06. The van der Waals surface area contributed by atoms with Crippen LogP contribution in [0.25, 0.3) is 0 Å². The summed E-state index contributed by atoms with van der Waals surface area (Å²) in [5, 5.41) is 0. The molecule has 0 saturated carbocycles. The Morgan fingerprint density at radius 2 is 1.69 bits per heavy atom. The number of carbonyl (C=O) groups is 2. The fourth-order valence-electron chi connectivity index (χ4n) is 0.612. The van der Waals surface area contributed by atoms with E-state index in [0.717, 1.165) is 0 Å². The van der Waals surface area contributed by atoms with Crippen molar-refractivity contribution in [3.63, 3.8) is 0 Å². The number of esters is 2. The summed E-state index contributed by atoms with van der Waals surface area (Å²) in [7, 11) is 0. The van der Waals surface area contributed by atoms with Crippen molar-refractivity contribution in [1.82, 2.24) is 0 Å². The van der Waals surface area contributed by atoms with E-state index in [1.165, 1.54) is 0 Å². The van der Waals surface area contributed by atoms with Crippen molar-refractivity contribution in [2.75, 3.05) is 6.61 Å². The molecule has 0 bridgehead atoms. The van der Waals surface area contributed by atoms with Crippen LogP contribution in [0.1, 0.15) is 34.1 Å². The molecule has 0 amide bonds. The van der Waals surface area contributed by atoms with E-state index >= 15 is 0 Å². The molecule has 0 aromatic carbocycles. The molecule has 0 aromatic heterocycles. The SMILES string of the molecule is CCC(=O)OCC(=O)OC(C)(C)C. The van der Waals surface area contributed by atoms with E-state index in [-0.39, 0.29) is 13.0 Å². The molecule has 0 aliphatic carbocycles. The third kappa shape index (κ3) is 7.31. The number of rotatable bonds is 3. The van der Waals surface area contributed by atoms with Gasteiger partial charge < -0.3 is 9.47 Å². The lowest BCUT2D eigenvalue weighted by Gasteiger charge is -2.19. The second kappa shape index (κ2) is 4.84. The topological polar surface area (TPSA) is 52.6 Å². The van der Waals surface area contributed by atoms with E-state index in [4.69, 9.17) is 4.74 Å². The highest BCUT2D eigenvalue weighted by molar-refractivity contribution is 5.76. The molecule has 0 unspecified atom stereocenters. The molecule has 0 aliphatic heterocycles. The molecule has 0 heterocycles. The number of carbonyl (C=O) groups excluding carboxylic acids is 2. The first-order valence-electron chi connectivity index (χ1n) is 4.22. The summed E-state index contributed by atoms with van der Waals surface area (Å²) in [6, 6.07) is 0. The molecular weight excluding hydrogens is 172 g/mol. The molecule has 0 aliphatic rings.